The zero-order valence-electron chi connectivity index (χ0n) is 13.4. The van der Waals surface area contributed by atoms with Crippen LogP contribution in [0.4, 0.5) is 0 Å². The van der Waals surface area contributed by atoms with Crippen LogP contribution in [0.5, 0.6) is 0 Å². The number of thioether (sulfide) groups is 1. The molecule has 21 heavy (non-hydrogen) atoms. The first-order valence-corrected chi connectivity index (χ1v) is 9.36. The monoisotopic (exact) mass is 305 g/mol. The predicted molar refractivity (Wildman–Crippen MR) is 94.2 cm³/mol. The smallest absolute Gasteiger partial charge is 0.111 e. The fraction of sp³-hybridized carbons (Fsp3) is 0.588. The topological polar surface area (TPSA) is 29.9 Å². The Labute approximate surface area is 132 Å². The van der Waals surface area contributed by atoms with E-state index in [1.807, 2.05) is 11.8 Å². The van der Waals surface area contributed by atoms with Crippen LogP contribution < -0.4 is 5.32 Å². The second kappa shape index (κ2) is 8.44. The molecule has 0 spiro atoms. The van der Waals surface area contributed by atoms with Gasteiger partial charge in [0.15, 0.2) is 0 Å². The number of nitrogens with one attached hydrogen (secondary N) is 1. The van der Waals surface area contributed by atoms with Crippen molar-refractivity contribution in [3.05, 3.63) is 30.1 Å². The summed E-state index contributed by atoms with van der Waals surface area (Å²) in [5.74, 6) is 2.42. The van der Waals surface area contributed by atoms with Gasteiger partial charge in [-0.2, -0.15) is 11.8 Å². The maximum atomic E-state index is 4.86. The van der Waals surface area contributed by atoms with Gasteiger partial charge < -0.3 is 9.88 Å². The van der Waals surface area contributed by atoms with Crippen molar-refractivity contribution in [2.75, 3.05) is 18.6 Å². The Bertz CT molecular complexity index is 542. The highest BCUT2D eigenvalue weighted by Crippen LogP contribution is 2.18. The number of aromatic nitrogens is 2. The van der Waals surface area contributed by atoms with E-state index >= 15 is 0 Å². The fourth-order valence-electron chi connectivity index (χ4n) is 2.74. The van der Waals surface area contributed by atoms with Crippen LogP contribution in [0, 0.1) is 0 Å². The summed E-state index contributed by atoms with van der Waals surface area (Å²) < 4.78 is 2.36. The molecule has 1 atom stereocenters. The molecular formula is C17H27N3S. The molecule has 4 heteroatoms. The summed E-state index contributed by atoms with van der Waals surface area (Å²) in [4.78, 5) is 4.86. The molecule has 1 N–H and O–H groups in total. The van der Waals surface area contributed by atoms with Gasteiger partial charge in [0.05, 0.1) is 11.0 Å². The van der Waals surface area contributed by atoms with E-state index in [1.54, 1.807) is 0 Å². The van der Waals surface area contributed by atoms with E-state index in [2.05, 4.69) is 54.3 Å². The van der Waals surface area contributed by atoms with Crippen molar-refractivity contribution in [2.45, 2.75) is 45.7 Å². The first-order chi connectivity index (χ1) is 10.3. The van der Waals surface area contributed by atoms with E-state index in [-0.39, 0.29) is 0 Å². The third kappa shape index (κ3) is 4.24. The van der Waals surface area contributed by atoms with Crippen LogP contribution in [0.1, 0.15) is 32.5 Å². The van der Waals surface area contributed by atoms with Crippen LogP contribution in [0.2, 0.25) is 0 Å². The van der Waals surface area contributed by atoms with Crippen molar-refractivity contribution >= 4 is 22.8 Å². The van der Waals surface area contributed by atoms with E-state index in [4.69, 9.17) is 4.98 Å². The van der Waals surface area contributed by atoms with E-state index in [1.165, 1.54) is 29.9 Å². The number of para-hydroxylation sites is 2. The second-order valence-corrected chi connectivity index (χ2v) is 6.38. The molecule has 1 unspecified atom stereocenters. The molecule has 0 aliphatic heterocycles. The number of benzene rings is 1. The molecular weight excluding hydrogens is 278 g/mol. The average molecular weight is 305 g/mol. The van der Waals surface area contributed by atoms with Crippen molar-refractivity contribution in [3.8, 4) is 0 Å². The van der Waals surface area contributed by atoms with Crippen LogP contribution >= 0.6 is 11.8 Å². The zero-order valence-corrected chi connectivity index (χ0v) is 14.2. The molecule has 116 valence electrons. The zero-order chi connectivity index (χ0) is 15.1. The quantitative estimate of drug-likeness (QED) is 0.766. The predicted octanol–water partition coefficient (Wildman–Crippen LogP) is 3.72. The number of nitrogens with zero attached hydrogens (tertiary/aromatic N) is 2. The van der Waals surface area contributed by atoms with Gasteiger partial charge in [0, 0.05) is 19.0 Å². The third-order valence-corrected chi connectivity index (χ3v) is 4.48. The van der Waals surface area contributed by atoms with E-state index < -0.39 is 0 Å². The molecule has 0 saturated heterocycles. The number of hydrogen-bond donors (Lipinski definition) is 1. The summed E-state index contributed by atoms with van der Waals surface area (Å²) in [5, 5.41) is 3.68. The van der Waals surface area contributed by atoms with Gasteiger partial charge in [0.1, 0.15) is 5.82 Å². The summed E-state index contributed by atoms with van der Waals surface area (Å²) in [6.45, 7) is 6.50. The van der Waals surface area contributed by atoms with Gasteiger partial charge in [-0.3, -0.25) is 0 Å². The molecule has 0 aliphatic carbocycles. The normalized spacial score (nSPS) is 12.9. The number of imidazole rings is 1. The van der Waals surface area contributed by atoms with Crippen molar-refractivity contribution in [1.82, 2.24) is 14.9 Å². The van der Waals surface area contributed by atoms with Crippen LogP contribution in [0.3, 0.4) is 0 Å². The molecule has 3 nitrogen and oxygen atoms in total. The van der Waals surface area contributed by atoms with Crippen molar-refractivity contribution in [2.24, 2.45) is 0 Å². The van der Waals surface area contributed by atoms with Crippen molar-refractivity contribution < 1.29 is 0 Å². The van der Waals surface area contributed by atoms with Crippen LogP contribution in [0.15, 0.2) is 24.3 Å². The number of hydrogen-bond acceptors (Lipinski definition) is 3. The highest BCUT2D eigenvalue weighted by atomic mass is 32.2. The molecule has 0 radical (unpaired) electrons. The summed E-state index contributed by atoms with van der Waals surface area (Å²) in [6.07, 6.45) is 5.58. The SMILES string of the molecule is CCCNC(CCSC)Cc1nc2ccccc2n1CC. The van der Waals surface area contributed by atoms with Gasteiger partial charge in [0.2, 0.25) is 0 Å². The number of rotatable bonds is 9. The Morgan fingerprint density at radius 3 is 2.81 bits per heavy atom. The van der Waals surface area contributed by atoms with Crippen molar-refractivity contribution in [3.63, 3.8) is 0 Å². The van der Waals surface area contributed by atoms with Crippen LogP contribution in [-0.4, -0.2) is 34.1 Å². The number of fused-ring (bicyclic) bond motifs is 1. The lowest BCUT2D eigenvalue weighted by Gasteiger charge is -2.18. The van der Waals surface area contributed by atoms with Gasteiger partial charge in [-0.1, -0.05) is 19.1 Å². The minimum atomic E-state index is 0.527. The Balaban J connectivity index is 2.18. The largest absolute Gasteiger partial charge is 0.328 e. The molecule has 1 aromatic heterocycles. The van der Waals surface area contributed by atoms with Crippen LogP contribution in [0.25, 0.3) is 11.0 Å². The molecule has 0 amide bonds. The minimum absolute atomic E-state index is 0.527. The lowest BCUT2D eigenvalue weighted by atomic mass is 10.1. The Morgan fingerprint density at radius 1 is 1.29 bits per heavy atom. The average Bonchev–Trinajstić information content (AvgIpc) is 2.86. The van der Waals surface area contributed by atoms with Crippen LogP contribution in [-0.2, 0) is 13.0 Å². The summed E-state index contributed by atoms with van der Waals surface area (Å²) in [7, 11) is 0. The van der Waals surface area contributed by atoms with Gasteiger partial charge in [-0.15, -0.1) is 0 Å². The van der Waals surface area contributed by atoms with Gasteiger partial charge >= 0.3 is 0 Å². The maximum Gasteiger partial charge on any atom is 0.111 e. The second-order valence-electron chi connectivity index (χ2n) is 5.40. The Hall–Kier alpha value is -1.00. The van der Waals surface area contributed by atoms with E-state index in [0.29, 0.717) is 6.04 Å². The summed E-state index contributed by atoms with van der Waals surface area (Å²) in [5.41, 5.74) is 2.38. The summed E-state index contributed by atoms with van der Waals surface area (Å²) >= 11 is 1.92. The molecule has 2 rings (SSSR count). The van der Waals surface area contributed by atoms with Gasteiger partial charge in [-0.05, 0) is 50.5 Å². The Morgan fingerprint density at radius 2 is 2.10 bits per heavy atom. The Kier molecular flexibility index (Phi) is 6.58. The van der Waals surface area contributed by atoms with E-state index in [0.717, 1.165) is 25.0 Å². The minimum Gasteiger partial charge on any atom is -0.328 e. The van der Waals surface area contributed by atoms with E-state index in [9.17, 15) is 0 Å². The number of aryl methyl sites for hydroxylation is 1. The van der Waals surface area contributed by atoms with Crippen molar-refractivity contribution in [1.29, 1.82) is 0 Å². The molecule has 0 saturated carbocycles. The maximum absolute atomic E-state index is 4.86. The molecule has 0 bridgehead atoms. The highest BCUT2D eigenvalue weighted by molar-refractivity contribution is 7.98. The highest BCUT2D eigenvalue weighted by Gasteiger charge is 2.15. The first kappa shape index (κ1) is 16.4. The molecule has 1 aromatic carbocycles. The third-order valence-electron chi connectivity index (χ3n) is 3.83. The molecule has 0 aliphatic rings. The van der Waals surface area contributed by atoms with Gasteiger partial charge in [0.25, 0.3) is 0 Å². The first-order valence-electron chi connectivity index (χ1n) is 7.96. The lowest BCUT2D eigenvalue weighted by molar-refractivity contribution is 0.480. The summed E-state index contributed by atoms with van der Waals surface area (Å²) in [6, 6.07) is 8.98. The fourth-order valence-corrected chi connectivity index (χ4v) is 3.26. The molecule has 1 heterocycles. The molecule has 0 fully saturated rings. The lowest BCUT2D eigenvalue weighted by Crippen LogP contribution is -2.33. The van der Waals surface area contributed by atoms with Gasteiger partial charge in [-0.25, -0.2) is 4.98 Å². The standard InChI is InChI=1S/C17H27N3S/c1-4-11-18-14(10-12-21-3)13-17-19-15-8-6-7-9-16(15)20(17)5-2/h6-9,14,18H,4-5,10-13H2,1-3H3. The molecule has 2 aromatic rings.